The van der Waals surface area contributed by atoms with E-state index < -0.39 is 11.6 Å². The summed E-state index contributed by atoms with van der Waals surface area (Å²) in [7, 11) is 0. The van der Waals surface area contributed by atoms with Gasteiger partial charge in [-0.05, 0) is 32.9 Å². The highest BCUT2D eigenvalue weighted by Crippen LogP contribution is 2.28. The monoisotopic (exact) mass is 405 g/mol. The van der Waals surface area contributed by atoms with E-state index in [4.69, 9.17) is 27.9 Å². The Hall–Kier alpha value is -1.10. The molecule has 4 nitrogen and oxygen atoms in total. The molecule has 0 aliphatic rings. The quantitative estimate of drug-likeness (QED) is 0.479. The van der Waals surface area contributed by atoms with Crippen LogP contribution in [0.25, 0.3) is 0 Å². The van der Waals surface area contributed by atoms with Gasteiger partial charge in [-0.15, -0.1) is 0 Å². The fourth-order valence-corrected chi connectivity index (χ4v) is 2.37. The van der Waals surface area contributed by atoms with Crippen LogP contribution in [0.15, 0.2) is 12.1 Å². The lowest BCUT2D eigenvalue weighted by atomic mass is 10.1. The molecule has 0 atom stereocenters. The van der Waals surface area contributed by atoms with Crippen LogP contribution in [-0.4, -0.2) is 29.9 Å². The fourth-order valence-electron chi connectivity index (χ4n) is 1.83. The van der Waals surface area contributed by atoms with Crippen LogP contribution < -0.4 is 5.32 Å². The summed E-state index contributed by atoms with van der Waals surface area (Å²) >= 11 is 11.7. The molecule has 0 fully saturated rings. The number of benzene rings is 1. The molecule has 26 heavy (non-hydrogen) atoms. The number of halogens is 2. The highest BCUT2D eigenvalue weighted by Gasteiger charge is 2.22. The van der Waals surface area contributed by atoms with Gasteiger partial charge in [-0.2, -0.15) is 0 Å². The molecule has 0 unspecified atom stereocenters. The Labute approximate surface area is 168 Å². The van der Waals surface area contributed by atoms with Crippen LogP contribution in [-0.2, 0) is 4.74 Å². The first-order valence-electron chi connectivity index (χ1n) is 8.81. The third-order valence-electron chi connectivity index (χ3n) is 2.53. The molecule has 6 heteroatoms. The van der Waals surface area contributed by atoms with Crippen LogP contribution in [0.3, 0.4) is 0 Å². The topological polar surface area (TPSA) is 55.4 Å². The molecule has 0 saturated heterocycles. The zero-order valence-electron chi connectivity index (χ0n) is 17.4. The lowest BCUT2D eigenvalue weighted by Gasteiger charge is -2.20. The van der Waals surface area contributed by atoms with Crippen LogP contribution in [0, 0.1) is 0 Å². The number of hydrogen-bond donors (Lipinski definition) is 1. The van der Waals surface area contributed by atoms with Gasteiger partial charge in [-0.3, -0.25) is 4.79 Å². The van der Waals surface area contributed by atoms with E-state index >= 15 is 0 Å². The molecule has 0 heterocycles. The Kier molecular flexibility index (Phi) is 13.7. The molecule has 1 N–H and O–H groups in total. The van der Waals surface area contributed by atoms with Crippen molar-refractivity contribution in [3.8, 4) is 0 Å². The maximum atomic E-state index is 11.8. The average Bonchev–Trinajstić information content (AvgIpc) is 2.47. The van der Waals surface area contributed by atoms with Crippen LogP contribution in [0.5, 0.6) is 0 Å². The minimum Gasteiger partial charge on any atom is -0.456 e. The van der Waals surface area contributed by atoms with Crippen LogP contribution in [0.2, 0.25) is 10.0 Å². The Balaban J connectivity index is 0. The molecule has 0 spiro atoms. The molecule has 0 aliphatic heterocycles. The van der Waals surface area contributed by atoms with E-state index in [0.29, 0.717) is 18.4 Å². The van der Waals surface area contributed by atoms with Crippen molar-refractivity contribution in [1.82, 2.24) is 5.32 Å². The molecule has 0 aliphatic carbocycles. The van der Waals surface area contributed by atoms with Gasteiger partial charge in [0.05, 0.1) is 21.2 Å². The second-order valence-corrected chi connectivity index (χ2v) is 7.70. The van der Waals surface area contributed by atoms with E-state index in [-0.39, 0.29) is 21.2 Å². The molecule has 1 aromatic carbocycles. The Bertz CT molecular complexity index is 559. The number of aldehydes is 1. The number of nitrogens with one attached hydrogen (secondary N) is 1. The van der Waals surface area contributed by atoms with Gasteiger partial charge in [-0.25, -0.2) is 4.79 Å². The molecule has 0 aromatic heterocycles. The first kappa shape index (κ1) is 27.1. The molecule has 150 valence electrons. The second kappa shape index (κ2) is 13.1. The van der Waals surface area contributed by atoms with Gasteiger partial charge in [0.25, 0.3) is 0 Å². The summed E-state index contributed by atoms with van der Waals surface area (Å²) in [6, 6.07) is 4.13. The zero-order valence-corrected chi connectivity index (χ0v) is 18.9. The van der Waals surface area contributed by atoms with Crippen LogP contribution in [0.4, 0.5) is 0 Å². The standard InChI is InChI=1S/C12H12Cl2O3.C6H15N.C2H6/c1-12(2,3)17-11(16)7-4-5-9(13)8(6-15)10(7)14;1-5(2)7-6(3)4;1-2/h4-6H,1-3H3;5-7H,1-4H3;1-2H3. The molecule has 0 amide bonds. The van der Waals surface area contributed by atoms with E-state index in [0.717, 1.165) is 0 Å². The first-order chi connectivity index (χ1) is 11.9. The second-order valence-electron chi connectivity index (χ2n) is 6.92. The Morgan fingerprint density at radius 2 is 1.54 bits per heavy atom. The third-order valence-corrected chi connectivity index (χ3v) is 3.27. The highest BCUT2D eigenvalue weighted by molar-refractivity contribution is 6.40. The molecule has 1 rings (SSSR count). The summed E-state index contributed by atoms with van der Waals surface area (Å²) in [6.45, 7) is 17.8. The fraction of sp³-hybridized carbons (Fsp3) is 0.600. The molecule has 1 aromatic rings. The van der Waals surface area contributed by atoms with Crippen molar-refractivity contribution in [1.29, 1.82) is 0 Å². The number of esters is 1. The van der Waals surface area contributed by atoms with Crippen molar-refractivity contribution in [2.75, 3.05) is 0 Å². The van der Waals surface area contributed by atoms with Gasteiger partial charge in [-0.1, -0.05) is 64.7 Å². The number of hydrogen-bond acceptors (Lipinski definition) is 4. The first-order valence-corrected chi connectivity index (χ1v) is 9.57. The predicted octanol–water partition coefficient (Wildman–Crippen LogP) is 6.18. The highest BCUT2D eigenvalue weighted by atomic mass is 35.5. The predicted molar refractivity (Wildman–Crippen MR) is 112 cm³/mol. The summed E-state index contributed by atoms with van der Waals surface area (Å²) in [4.78, 5) is 22.6. The number of carbonyl (C=O) groups excluding carboxylic acids is 2. The minimum absolute atomic E-state index is 0.0155. The van der Waals surface area contributed by atoms with Crippen molar-refractivity contribution >= 4 is 35.5 Å². The van der Waals surface area contributed by atoms with E-state index in [1.807, 2.05) is 13.8 Å². The SMILES string of the molecule is CC.CC(C)(C)OC(=O)c1ccc(Cl)c(C=O)c1Cl.CC(C)NC(C)C. The van der Waals surface area contributed by atoms with Gasteiger partial charge < -0.3 is 10.1 Å². The summed E-state index contributed by atoms with van der Waals surface area (Å²) < 4.78 is 5.16. The lowest BCUT2D eigenvalue weighted by molar-refractivity contribution is 0.00697. The smallest absolute Gasteiger partial charge is 0.340 e. The van der Waals surface area contributed by atoms with Gasteiger partial charge in [0.15, 0.2) is 6.29 Å². The third kappa shape index (κ3) is 11.5. The molecular weight excluding hydrogens is 373 g/mol. The largest absolute Gasteiger partial charge is 0.456 e. The van der Waals surface area contributed by atoms with E-state index in [2.05, 4.69) is 33.0 Å². The maximum Gasteiger partial charge on any atom is 0.340 e. The average molecular weight is 406 g/mol. The van der Waals surface area contributed by atoms with Gasteiger partial charge in [0, 0.05) is 12.1 Å². The molecule has 0 bridgehead atoms. The van der Waals surface area contributed by atoms with Crippen molar-refractivity contribution in [2.45, 2.75) is 80.0 Å². The number of rotatable bonds is 4. The minimum atomic E-state index is -0.624. The van der Waals surface area contributed by atoms with Crippen LogP contribution >= 0.6 is 23.2 Å². The summed E-state index contributed by atoms with van der Waals surface area (Å²) in [5.74, 6) is -0.581. The van der Waals surface area contributed by atoms with Crippen molar-refractivity contribution < 1.29 is 14.3 Å². The molecule has 0 saturated carbocycles. The van der Waals surface area contributed by atoms with Crippen LogP contribution in [0.1, 0.15) is 83.0 Å². The summed E-state index contributed by atoms with van der Waals surface area (Å²) in [6.07, 6.45) is 0.512. The molecular formula is C20H33Cl2NO3. The van der Waals surface area contributed by atoms with E-state index in [1.54, 1.807) is 20.8 Å². The summed E-state index contributed by atoms with van der Waals surface area (Å²) in [5, 5.41) is 3.53. The normalized spacial score (nSPS) is 10.5. The van der Waals surface area contributed by atoms with Gasteiger partial charge in [0.2, 0.25) is 0 Å². The van der Waals surface area contributed by atoms with Gasteiger partial charge >= 0.3 is 5.97 Å². The lowest BCUT2D eigenvalue weighted by Crippen LogP contribution is -2.29. The Morgan fingerprint density at radius 1 is 1.08 bits per heavy atom. The number of ether oxygens (including phenoxy) is 1. The molecule has 0 radical (unpaired) electrons. The maximum absolute atomic E-state index is 11.8. The van der Waals surface area contributed by atoms with Crippen molar-refractivity contribution in [3.05, 3.63) is 33.3 Å². The van der Waals surface area contributed by atoms with Gasteiger partial charge in [0.1, 0.15) is 5.60 Å². The summed E-state index contributed by atoms with van der Waals surface area (Å²) in [5.41, 5.74) is -0.397. The van der Waals surface area contributed by atoms with Crippen molar-refractivity contribution in [2.24, 2.45) is 0 Å². The zero-order chi connectivity index (χ0) is 21.1. The van der Waals surface area contributed by atoms with E-state index in [1.165, 1.54) is 12.1 Å². The Morgan fingerprint density at radius 3 is 1.85 bits per heavy atom. The van der Waals surface area contributed by atoms with Crippen molar-refractivity contribution in [3.63, 3.8) is 0 Å². The number of carbonyl (C=O) groups is 2. The van der Waals surface area contributed by atoms with E-state index in [9.17, 15) is 9.59 Å².